The number of hydrogen-bond donors (Lipinski definition) is 0. The van der Waals surface area contributed by atoms with Crippen LogP contribution in [0.15, 0.2) is 72.8 Å². The molecule has 4 rings (SSSR count). The summed E-state index contributed by atoms with van der Waals surface area (Å²) in [5, 5.41) is 9.22. The first kappa shape index (κ1) is 21.7. The van der Waals surface area contributed by atoms with Gasteiger partial charge in [-0.25, -0.2) is 0 Å². The van der Waals surface area contributed by atoms with Gasteiger partial charge in [0.2, 0.25) is 0 Å². The third kappa shape index (κ3) is 4.94. The van der Waals surface area contributed by atoms with Gasteiger partial charge in [0.15, 0.2) is 0 Å². The molecule has 0 spiro atoms. The summed E-state index contributed by atoms with van der Waals surface area (Å²) in [5.74, 6) is 0.827. The molecule has 0 radical (unpaired) electrons. The van der Waals surface area contributed by atoms with E-state index in [9.17, 15) is 5.26 Å². The third-order valence-corrected chi connectivity index (χ3v) is 5.46. The molecule has 1 fully saturated rings. The van der Waals surface area contributed by atoms with E-state index in [1.807, 2.05) is 18.2 Å². The normalized spacial score (nSPS) is 13.9. The predicted octanol–water partition coefficient (Wildman–Crippen LogP) is 4.98. The van der Waals surface area contributed by atoms with E-state index in [2.05, 4.69) is 64.4 Å². The van der Waals surface area contributed by atoms with Gasteiger partial charge in [-0.2, -0.15) is 5.26 Å². The Morgan fingerprint density at radius 2 is 1.60 bits per heavy atom. The standard InChI is InChI=1S/C25H25N3O.ClH/c1-29-25-11-10-20(18-26)17-24(25)28-14-12-27(13-15-28)19-21-6-5-9-23(16-21)22-7-3-2-4-8-22;/h2-11,16-17H,12-15,19H2,1H3;1H. The van der Waals surface area contributed by atoms with Gasteiger partial charge in [-0.05, 0) is 41.0 Å². The number of nitriles is 1. The Kier molecular flexibility index (Phi) is 7.35. The largest absolute Gasteiger partial charge is 0.495 e. The van der Waals surface area contributed by atoms with Crippen molar-refractivity contribution < 1.29 is 4.74 Å². The van der Waals surface area contributed by atoms with E-state index in [4.69, 9.17) is 4.74 Å². The summed E-state index contributed by atoms with van der Waals surface area (Å²) < 4.78 is 5.51. The molecular formula is C25H26ClN3O. The molecule has 1 saturated heterocycles. The topological polar surface area (TPSA) is 39.5 Å². The monoisotopic (exact) mass is 419 g/mol. The van der Waals surface area contributed by atoms with E-state index in [1.54, 1.807) is 13.2 Å². The van der Waals surface area contributed by atoms with Crippen molar-refractivity contribution in [1.82, 2.24) is 4.90 Å². The van der Waals surface area contributed by atoms with Gasteiger partial charge in [0.25, 0.3) is 0 Å². The highest BCUT2D eigenvalue weighted by molar-refractivity contribution is 5.85. The zero-order valence-electron chi connectivity index (χ0n) is 17.1. The minimum absolute atomic E-state index is 0. The lowest BCUT2D eigenvalue weighted by Gasteiger charge is -2.36. The summed E-state index contributed by atoms with van der Waals surface area (Å²) in [4.78, 5) is 4.80. The molecule has 1 aliphatic rings. The number of halogens is 1. The number of rotatable bonds is 5. The molecule has 0 unspecified atom stereocenters. The maximum absolute atomic E-state index is 9.22. The molecule has 30 heavy (non-hydrogen) atoms. The van der Waals surface area contributed by atoms with E-state index < -0.39 is 0 Å². The number of benzene rings is 3. The second-order valence-corrected chi connectivity index (χ2v) is 7.33. The summed E-state index contributed by atoms with van der Waals surface area (Å²) in [7, 11) is 1.68. The highest BCUT2D eigenvalue weighted by atomic mass is 35.5. The van der Waals surface area contributed by atoms with Crippen LogP contribution < -0.4 is 9.64 Å². The van der Waals surface area contributed by atoms with Crippen LogP contribution in [0.5, 0.6) is 5.75 Å². The molecule has 1 heterocycles. The van der Waals surface area contributed by atoms with Crippen molar-refractivity contribution in [3.8, 4) is 22.9 Å². The van der Waals surface area contributed by atoms with Crippen molar-refractivity contribution in [2.45, 2.75) is 6.54 Å². The van der Waals surface area contributed by atoms with Crippen LogP contribution in [0.1, 0.15) is 11.1 Å². The van der Waals surface area contributed by atoms with Crippen LogP contribution in [0, 0.1) is 11.3 Å². The van der Waals surface area contributed by atoms with Crippen LogP contribution in [-0.4, -0.2) is 38.2 Å². The maximum atomic E-state index is 9.22. The van der Waals surface area contributed by atoms with Crippen LogP contribution in [0.4, 0.5) is 5.69 Å². The number of anilines is 1. The highest BCUT2D eigenvalue weighted by Gasteiger charge is 2.20. The van der Waals surface area contributed by atoms with E-state index in [0.717, 1.165) is 44.2 Å². The van der Waals surface area contributed by atoms with E-state index in [0.29, 0.717) is 5.56 Å². The van der Waals surface area contributed by atoms with Crippen LogP contribution >= 0.6 is 12.4 Å². The fourth-order valence-electron chi connectivity index (χ4n) is 3.89. The third-order valence-electron chi connectivity index (χ3n) is 5.46. The molecule has 4 nitrogen and oxygen atoms in total. The van der Waals surface area contributed by atoms with E-state index >= 15 is 0 Å². The Morgan fingerprint density at radius 3 is 2.30 bits per heavy atom. The Bertz CT molecular complexity index is 1010. The molecule has 1 aliphatic heterocycles. The summed E-state index contributed by atoms with van der Waals surface area (Å²) in [6.07, 6.45) is 0. The van der Waals surface area contributed by atoms with E-state index in [-0.39, 0.29) is 12.4 Å². The molecule has 0 aromatic heterocycles. The van der Waals surface area contributed by atoms with Crippen molar-refractivity contribution in [3.05, 3.63) is 83.9 Å². The minimum atomic E-state index is 0. The average molecular weight is 420 g/mol. The highest BCUT2D eigenvalue weighted by Crippen LogP contribution is 2.30. The van der Waals surface area contributed by atoms with E-state index in [1.165, 1.54) is 16.7 Å². The van der Waals surface area contributed by atoms with Crippen LogP contribution in [0.3, 0.4) is 0 Å². The molecule has 5 heteroatoms. The fraction of sp³-hybridized carbons (Fsp3) is 0.240. The van der Waals surface area contributed by atoms with Crippen molar-refractivity contribution in [2.75, 3.05) is 38.2 Å². The minimum Gasteiger partial charge on any atom is -0.495 e. The van der Waals surface area contributed by atoms with Gasteiger partial charge in [-0.1, -0.05) is 48.5 Å². The molecule has 0 bridgehead atoms. The predicted molar refractivity (Wildman–Crippen MR) is 124 cm³/mol. The molecular weight excluding hydrogens is 394 g/mol. The Labute approximate surface area is 184 Å². The van der Waals surface area contributed by atoms with Crippen LogP contribution in [0.25, 0.3) is 11.1 Å². The second-order valence-electron chi connectivity index (χ2n) is 7.33. The van der Waals surface area contributed by atoms with Gasteiger partial charge < -0.3 is 9.64 Å². The number of methoxy groups -OCH3 is 1. The molecule has 0 saturated carbocycles. The molecule has 0 amide bonds. The van der Waals surface area contributed by atoms with Gasteiger partial charge in [0.05, 0.1) is 24.4 Å². The van der Waals surface area contributed by atoms with Gasteiger partial charge in [0.1, 0.15) is 5.75 Å². The quantitative estimate of drug-likeness (QED) is 0.584. The van der Waals surface area contributed by atoms with Crippen molar-refractivity contribution in [3.63, 3.8) is 0 Å². The SMILES string of the molecule is COc1ccc(C#N)cc1N1CCN(Cc2cccc(-c3ccccc3)c2)CC1.Cl. The summed E-state index contributed by atoms with van der Waals surface area (Å²) in [5.41, 5.74) is 5.53. The number of nitrogens with zero attached hydrogens (tertiary/aromatic N) is 3. The summed E-state index contributed by atoms with van der Waals surface area (Å²) in [6.45, 7) is 4.75. The molecule has 0 aliphatic carbocycles. The average Bonchev–Trinajstić information content (AvgIpc) is 2.80. The van der Waals surface area contributed by atoms with Crippen LogP contribution in [-0.2, 0) is 6.54 Å². The van der Waals surface area contributed by atoms with Gasteiger partial charge in [0, 0.05) is 32.7 Å². The zero-order chi connectivity index (χ0) is 20.1. The molecule has 3 aromatic carbocycles. The van der Waals surface area contributed by atoms with Crippen molar-refractivity contribution in [2.24, 2.45) is 0 Å². The lowest BCUT2D eigenvalue weighted by atomic mass is 10.0. The zero-order valence-corrected chi connectivity index (χ0v) is 17.9. The first-order valence-corrected chi connectivity index (χ1v) is 9.96. The molecule has 154 valence electrons. The van der Waals surface area contributed by atoms with Crippen LogP contribution in [0.2, 0.25) is 0 Å². The van der Waals surface area contributed by atoms with Gasteiger partial charge in [-0.3, -0.25) is 4.90 Å². The van der Waals surface area contributed by atoms with Crippen molar-refractivity contribution >= 4 is 18.1 Å². The second kappa shape index (κ2) is 10.2. The lowest BCUT2D eigenvalue weighted by molar-refractivity contribution is 0.249. The molecule has 3 aromatic rings. The first-order valence-electron chi connectivity index (χ1n) is 9.96. The Morgan fingerprint density at radius 1 is 0.867 bits per heavy atom. The lowest BCUT2D eigenvalue weighted by Crippen LogP contribution is -2.46. The number of hydrogen-bond acceptors (Lipinski definition) is 4. The smallest absolute Gasteiger partial charge is 0.142 e. The Balaban J connectivity index is 0.00000256. The Hall–Kier alpha value is -3.00. The fourth-order valence-corrected chi connectivity index (χ4v) is 3.89. The number of piperazine rings is 1. The first-order chi connectivity index (χ1) is 14.3. The summed E-state index contributed by atoms with van der Waals surface area (Å²) in [6, 6.07) is 27.2. The van der Waals surface area contributed by atoms with Gasteiger partial charge in [-0.15, -0.1) is 12.4 Å². The summed E-state index contributed by atoms with van der Waals surface area (Å²) >= 11 is 0. The molecule has 0 atom stereocenters. The van der Waals surface area contributed by atoms with Crippen molar-refractivity contribution in [1.29, 1.82) is 5.26 Å². The molecule has 0 N–H and O–H groups in total. The maximum Gasteiger partial charge on any atom is 0.142 e. The van der Waals surface area contributed by atoms with Gasteiger partial charge >= 0.3 is 0 Å². The number of ether oxygens (including phenoxy) is 1.